The second-order valence-electron chi connectivity index (χ2n) is 2.58. The fourth-order valence-corrected chi connectivity index (χ4v) is 1.74. The first-order valence-electron chi connectivity index (χ1n) is 3.77. The molecule has 74 valence electrons. The van der Waals surface area contributed by atoms with Gasteiger partial charge >= 0.3 is 6.18 Å². The zero-order chi connectivity index (χ0) is 10.1. The zero-order valence-electron chi connectivity index (χ0n) is 6.98. The predicted molar refractivity (Wildman–Crippen MR) is 45.5 cm³/mol. The van der Waals surface area contributed by atoms with E-state index in [2.05, 4.69) is 4.98 Å². The number of nitrogen functional groups attached to an aromatic ring is 1. The lowest BCUT2D eigenvalue weighted by Gasteiger charge is -2.04. The van der Waals surface area contributed by atoms with E-state index in [1.54, 1.807) is 6.92 Å². The molecule has 0 bridgehead atoms. The lowest BCUT2D eigenvalue weighted by molar-refractivity contribution is -0.135. The van der Waals surface area contributed by atoms with Crippen LogP contribution in [0.3, 0.4) is 0 Å². The highest BCUT2D eigenvalue weighted by atomic mass is 32.1. The minimum Gasteiger partial charge on any atom is -0.375 e. The molecule has 0 saturated carbocycles. The number of aryl methyl sites for hydroxylation is 1. The monoisotopic (exact) mass is 210 g/mol. The molecule has 0 amide bonds. The third-order valence-corrected chi connectivity index (χ3v) is 2.43. The van der Waals surface area contributed by atoms with Gasteiger partial charge in [0.2, 0.25) is 0 Å². The second-order valence-corrected chi connectivity index (χ2v) is 3.61. The average molecular weight is 210 g/mol. The van der Waals surface area contributed by atoms with Gasteiger partial charge in [-0.25, -0.2) is 4.98 Å². The van der Waals surface area contributed by atoms with Crippen LogP contribution < -0.4 is 5.73 Å². The Kier molecular flexibility index (Phi) is 2.80. The number of halogens is 3. The Labute approximate surface area is 77.6 Å². The van der Waals surface area contributed by atoms with Gasteiger partial charge in [0.15, 0.2) is 5.13 Å². The summed E-state index contributed by atoms with van der Waals surface area (Å²) >= 11 is 0.503. The summed E-state index contributed by atoms with van der Waals surface area (Å²) in [5.41, 5.74) is 5.28. The standard InChI is InChI=1S/C7H9F3N2S/c1-2-3-4-5(7(8,9)10)13-6(11)12-4/h2-3H2,1H3,(H2,11,12). The molecule has 0 aliphatic heterocycles. The number of alkyl halides is 3. The molecule has 1 heterocycles. The summed E-state index contributed by atoms with van der Waals surface area (Å²) in [6.07, 6.45) is -3.37. The number of hydrogen-bond donors (Lipinski definition) is 1. The van der Waals surface area contributed by atoms with Gasteiger partial charge in [0, 0.05) is 0 Å². The SMILES string of the molecule is CCCc1nc(N)sc1C(F)(F)F. The third kappa shape index (κ3) is 2.33. The van der Waals surface area contributed by atoms with Crippen LogP contribution in [0.15, 0.2) is 0 Å². The molecule has 13 heavy (non-hydrogen) atoms. The smallest absolute Gasteiger partial charge is 0.375 e. The zero-order valence-corrected chi connectivity index (χ0v) is 7.80. The highest BCUT2D eigenvalue weighted by Crippen LogP contribution is 2.37. The van der Waals surface area contributed by atoms with E-state index in [0.717, 1.165) is 0 Å². The number of hydrogen-bond acceptors (Lipinski definition) is 3. The lowest BCUT2D eigenvalue weighted by atomic mass is 10.2. The van der Waals surface area contributed by atoms with Crippen LogP contribution in [0.2, 0.25) is 0 Å². The fraction of sp³-hybridized carbons (Fsp3) is 0.571. The maximum Gasteiger partial charge on any atom is 0.427 e. The maximum atomic E-state index is 12.3. The Hall–Kier alpha value is -0.780. The first-order valence-corrected chi connectivity index (χ1v) is 4.59. The largest absolute Gasteiger partial charge is 0.427 e. The number of thiazole rings is 1. The Balaban J connectivity index is 3.04. The van der Waals surface area contributed by atoms with Gasteiger partial charge in [0.05, 0.1) is 5.69 Å². The van der Waals surface area contributed by atoms with Gasteiger partial charge in [-0.05, 0) is 6.42 Å². The summed E-state index contributed by atoms with van der Waals surface area (Å²) in [6, 6.07) is 0. The van der Waals surface area contributed by atoms with Crippen molar-refractivity contribution in [2.45, 2.75) is 25.9 Å². The molecular weight excluding hydrogens is 201 g/mol. The molecule has 0 atom stereocenters. The van der Waals surface area contributed by atoms with E-state index < -0.39 is 11.1 Å². The molecule has 0 saturated heterocycles. The molecular formula is C7H9F3N2S. The van der Waals surface area contributed by atoms with Gasteiger partial charge in [0.25, 0.3) is 0 Å². The minimum atomic E-state index is -4.32. The number of rotatable bonds is 2. The molecule has 1 aromatic rings. The van der Waals surface area contributed by atoms with E-state index in [4.69, 9.17) is 5.73 Å². The molecule has 0 fully saturated rings. The normalized spacial score (nSPS) is 12.0. The van der Waals surface area contributed by atoms with E-state index in [0.29, 0.717) is 24.2 Å². The second kappa shape index (κ2) is 3.53. The van der Waals surface area contributed by atoms with E-state index >= 15 is 0 Å². The molecule has 0 spiro atoms. The van der Waals surface area contributed by atoms with Crippen molar-refractivity contribution < 1.29 is 13.2 Å². The molecule has 2 nitrogen and oxygen atoms in total. The van der Waals surface area contributed by atoms with Gasteiger partial charge in [-0.15, -0.1) is 0 Å². The van der Waals surface area contributed by atoms with E-state index in [9.17, 15) is 13.2 Å². The summed E-state index contributed by atoms with van der Waals surface area (Å²) in [7, 11) is 0. The fourth-order valence-electron chi connectivity index (χ4n) is 0.998. The first kappa shape index (κ1) is 10.3. The van der Waals surface area contributed by atoms with Gasteiger partial charge in [-0.2, -0.15) is 13.2 Å². The molecule has 1 aromatic heterocycles. The number of anilines is 1. The van der Waals surface area contributed by atoms with Crippen molar-refractivity contribution in [3.05, 3.63) is 10.6 Å². The number of aromatic nitrogens is 1. The molecule has 2 N–H and O–H groups in total. The summed E-state index contributed by atoms with van der Waals surface area (Å²) in [4.78, 5) is 2.98. The van der Waals surface area contributed by atoms with Crippen LogP contribution in [0, 0.1) is 0 Å². The molecule has 1 rings (SSSR count). The van der Waals surface area contributed by atoms with Crippen LogP contribution in [0.1, 0.15) is 23.9 Å². The average Bonchev–Trinajstić information content (AvgIpc) is 2.30. The predicted octanol–water partition coefficient (Wildman–Crippen LogP) is 2.70. The van der Waals surface area contributed by atoms with Gasteiger partial charge in [-0.1, -0.05) is 24.7 Å². The van der Waals surface area contributed by atoms with Crippen molar-refractivity contribution in [2.75, 3.05) is 5.73 Å². The van der Waals surface area contributed by atoms with Crippen molar-refractivity contribution in [3.63, 3.8) is 0 Å². The Morgan fingerprint density at radius 2 is 2.08 bits per heavy atom. The van der Waals surface area contributed by atoms with Crippen LogP contribution in [0.4, 0.5) is 18.3 Å². The van der Waals surface area contributed by atoms with Crippen LogP contribution in [0.25, 0.3) is 0 Å². The van der Waals surface area contributed by atoms with Crippen molar-refractivity contribution in [1.29, 1.82) is 0 Å². The quantitative estimate of drug-likeness (QED) is 0.815. The molecule has 0 aliphatic rings. The number of nitrogens with two attached hydrogens (primary N) is 1. The highest BCUT2D eigenvalue weighted by molar-refractivity contribution is 7.15. The minimum absolute atomic E-state index is 0.0178. The summed E-state index contributed by atoms with van der Waals surface area (Å²) in [5.74, 6) is 0. The molecule has 0 radical (unpaired) electrons. The van der Waals surface area contributed by atoms with Gasteiger partial charge in [0.1, 0.15) is 4.88 Å². The van der Waals surface area contributed by atoms with Gasteiger partial charge in [-0.3, -0.25) is 0 Å². The summed E-state index contributed by atoms with van der Waals surface area (Å²) < 4.78 is 36.9. The van der Waals surface area contributed by atoms with Crippen molar-refractivity contribution >= 4 is 16.5 Å². The van der Waals surface area contributed by atoms with E-state index in [-0.39, 0.29) is 10.8 Å². The summed E-state index contributed by atoms with van der Waals surface area (Å²) in [5, 5.41) is -0.0178. The van der Waals surface area contributed by atoms with E-state index in [1.165, 1.54) is 0 Å². The van der Waals surface area contributed by atoms with Crippen molar-refractivity contribution in [2.24, 2.45) is 0 Å². The maximum absolute atomic E-state index is 12.3. The highest BCUT2D eigenvalue weighted by Gasteiger charge is 2.36. The molecule has 0 unspecified atom stereocenters. The number of nitrogens with zero attached hydrogens (tertiary/aromatic N) is 1. The van der Waals surface area contributed by atoms with Crippen LogP contribution in [0.5, 0.6) is 0 Å². The van der Waals surface area contributed by atoms with Crippen molar-refractivity contribution in [1.82, 2.24) is 4.98 Å². The van der Waals surface area contributed by atoms with Crippen LogP contribution in [-0.2, 0) is 12.6 Å². The first-order chi connectivity index (χ1) is 5.95. The molecule has 6 heteroatoms. The molecule has 0 aliphatic carbocycles. The third-order valence-electron chi connectivity index (χ3n) is 1.46. The van der Waals surface area contributed by atoms with Crippen molar-refractivity contribution in [3.8, 4) is 0 Å². The van der Waals surface area contributed by atoms with Crippen LogP contribution >= 0.6 is 11.3 Å². The molecule has 0 aromatic carbocycles. The topological polar surface area (TPSA) is 38.9 Å². The van der Waals surface area contributed by atoms with Gasteiger partial charge < -0.3 is 5.73 Å². The Morgan fingerprint density at radius 1 is 1.46 bits per heavy atom. The Bertz CT molecular complexity index is 292. The van der Waals surface area contributed by atoms with Crippen LogP contribution in [-0.4, -0.2) is 4.98 Å². The van der Waals surface area contributed by atoms with E-state index in [1.807, 2.05) is 0 Å². The lowest BCUT2D eigenvalue weighted by Crippen LogP contribution is -2.05. The Morgan fingerprint density at radius 3 is 2.54 bits per heavy atom. The summed E-state index contributed by atoms with van der Waals surface area (Å²) in [6.45, 7) is 1.80.